The average molecular weight is 285 g/mol. The molecule has 0 radical (unpaired) electrons. The molecule has 0 heterocycles. The van der Waals surface area contributed by atoms with Gasteiger partial charge in [-0.1, -0.05) is 34.1 Å². The Morgan fingerprint density at radius 1 is 1.31 bits per heavy atom. The normalized spacial score (nSPS) is 10.4. The van der Waals surface area contributed by atoms with E-state index in [4.69, 9.17) is 5.73 Å². The lowest BCUT2D eigenvalue weighted by molar-refractivity contribution is -0.118. The number of likely N-dealkylation sites (N-methyl/N-ethyl adjacent to an activating group) is 1. The molecule has 4 nitrogen and oxygen atoms in total. The van der Waals surface area contributed by atoms with Crippen molar-refractivity contribution < 1.29 is 9.59 Å². The number of halogens is 1. The largest absolute Gasteiger partial charge is 0.369 e. The minimum atomic E-state index is -0.442. The van der Waals surface area contributed by atoms with Crippen LogP contribution in [0.3, 0.4) is 0 Å². The van der Waals surface area contributed by atoms with Crippen LogP contribution in [0.1, 0.15) is 10.4 Å². The molecule has 0 aliphatic rings. The van der Waals surface area contributed by atoms with E-state index in [-0.39, 0.29) is 18.9 Å². The molecule has 86 valence electrons. The standard InChI is InChI=1S/C11H13BrN2O2/c1-14(7-11(13)16)6-10(15)8-4-2-3-5-9(8)12/h2-5H,6-7H2,1H3,(H2,13,16). The summed E-state index contributed by atoms with van der Waals surface area (Å²) in [4.78, 5) is 24.1. The maximum Gasteiger partial charge on any atom is 0.231 e. The van der Waals surface area contributed by atoms with Gasteiger partial charge >= 0.3 is 0 Å². The highest BCUT2D eigenvalue weighted by Crippen LogP contribution is 2.16. The number of carbonyl (C=O) groups excluding carboxylic acids is 2. The lowest BCUT2D eigenvalue weighted by Crippen LogP contribution is -2.34. The van der Waals surface area contributed by atoms with Gasteiger partial charge in [-0.25, -0.2) is 0 Å². The minimum Gasteiger partial charge on any atom is -0.369 e. The number of nitrogens with two attached hydrogens (primary N) is 1. The van der Waals surface area contributed by atoms with Crippen molar-refractivity contribution in [3.05, 3.63) is 34.3 Å². The zero-order valence-corrected chi connectivity index (χ0v) is 10.5. The number of hydrogen-bond donors (Lipinski definition) is 1. The molecule has 16 heavy (non-hydrogen) atoms. The highest BCUT2D eigenvalue weighted by Gasteiger charge is 2.12. The van der Waals surface area contributed by atoms with E-state index < -0.39 is 5.91 Å². The van der Waals surface area contributed by atoms with E-state index in [1.54, 1.807) is 30.1 Å². The van der Waals surface area contributed by atoms with Crippen LogP contribution in [0.15, 0.2) is 28.7 Å². The predicted octanol–water partition coefficient (Wildman–Crippen LogP) is 1.05. The first kappa shape index (κ1) is 12.9. The van der Waals surface area contributed by atoms with Gasteiger partial charge in [0.2, 0.25) is 5.91 Å². The predicted molar refractivity (Wildman–Crippen MR) is 65.2 cm³/mol. The SMILES string of the molecule is CN(CC(N)=O)CC(=O)c1ccccc1Br. The first-order chi connectivity index (χ1) is 7.50. The van der Waals surface area contributed by atoms with E-state index in [2.05, 4.69) is 15.9 Å². The van der Waals surface area contributed by atoms with Crippen LogP contribution in [0.4, 0.5) is 0 Å². The Morgan fingerprint density at radius 2 is 1.94 bits per heavy atom. The fraction of sp³-hybridized carbons (Fsp3) is 0.273. The monoisotopic (exact) mass is 284 g/mol. The van der Waals surface area contributed by atoms with Gasteiger partial charge < -0.3 is 5.73 Å². The maximum atomic E-state index is 11.8. The van der Waals surface area contributed by atoms with E-state index >= 15 is 0 Å². The van der Waals surface area contributed by atoms with Gasteiger partial charge in [0.25, 0.3) is 0 Å². The molecule has 0 saturated carbocycles. The summed E-state index contributed by atoms with van der Waals surface area (Å²) in [5, 5.41) is 0. The van der Waals surface area contributed by atoms with Gasteiger partial charge in [0.1, 0.15) is 0 Å². The van der Waals surface area contributed by atoms with Crippen LogP contribution in [0.25, 0.3) is 0 Å². The summed E-state index contributed by atoms with van der Waals surface area (Å²) < 4.78 is 0.757. The molecule has 1 aromatic rings. The first-order valence-corrected chi connectivity index (χ1v) is 5.54. The third kappa shape index (κ3) is 3.75. The lowest BCUT2D eigenvalue weighted by Gasteiger charge is -2.13. The zero-order chi connectivity index (χ0) is 12.1. The minimum absolute atomic E-state index is 0.0452. The van der Waals surface area contributed by atoms with E-state index in [9.17, 15) is 9.59 Å². The summed E-state index contributed by atoms with van der Waals surface area (Å²) in [5.41, 5.74) is 5.65. The van der Waals surface area contributed by atoms with Gasteiger partial charge in [0.15, 0.2) is 5.78 Å². The molecule has 5 heteroatoms. The van der Waals surface area contributed by atoms with E-state index in [1.807, 2.05) is 6.07 Å². The molecular formula is C11H13BrN2O2. The highest BCUT2D eigenvalue weighted by atomic mass is 79.9. The van der Waals surface area contributed by atoms with Crippen LogP contribution in [-0.4, -0.2) is 36.7 Å². The molecule has 1 rings (SSSR count). The van der Waals surface area contributed by atoms with E-state index in [1.165, 1.54) is 0 Å². The average Bonchev–Trinajstić information content (AvgIpc) is 2.16. The molecular weight excluding hydrogens is 272 g/mol. The summed E-state index contributed by atoms with van der Waals surface area (Å²) in [6, 6.07) is 7.19. The van der Waals surface area contributed by atoms with Gasteiger partial charge in [0, 0.05) is 10.0 Å². The number of nitrogens with zero attached hydrogens (tertiary/aromatic N) is 1. The molecule has 0 fully saturated rings. The number of Topliss-reactive ketones (excluding diaryl/α,β-unsaturated/α-hetero) is 1. The summed E-state index contributed by atoms with van der Waals surface area (Å²) in [6.45, 7) is 0.252. The Kier molecular flexibility index (Phi) is 4.64. The molecule has 0 bridgehead atoms. The van der Waals surface area contributed by atoms with Crippen LogP contribution in [-0.2, 0) is 4.79 Å². The molecule has 0 aliphatic carbocycles. The number of rotatable bonds is 5. The molecule has 0 unspecified atom stereocenters. The van der Waals surface area contributed by atoms with Gasteiger partial charge in [0.05, 0.1) is 13.1 Å². The molecule has 0 aromatic heterocycles. The van der Waals surface area contributed by atoms with Crippen LogP contribution >= 0.6 is 15.9 Å². The third-order valence-electron chi connectivity index (χ3n) is 2.01. The maximum absolute atomic E-state index is 11.8. The van der Waals surface area contributed by atoms with E-state index in [0.29, 0.717) is 5.56 Å². The summed E-state index contributed by atoms with van der Waals surface area (Å²) >= 11 is 3.31. The van der Waals surface area contributed by atoms with Crippen molar-refractivity contribution in [2.24, 2.45) is 5.73 Å². The van der Waals surface area contributed by atoms with Crippen molar-refractivity contribution in [1.82, 2.24) is 4.90 Å². The Bertz CT molecular complexity index is 407. The second kappa shape index (κ2) is 5.77. The van der Waals surface area contributed by atoms with Gasteiger partial charge in [-0.15, -0.1) is 0 Å². The molecule has 2 N–H and O–H groups in total. The van der Waals surface area contributed by atoms with Crippen molar-refractivity contribution in [3.63, 3.8) is 0 Å². The zero-order valence-electron chi connectivity index (χ0n) is 8.94. The Balaban J connectivity index is 2.66. The number of amides is 1. The second-order valence-corrected chi connectivity index (χ2v) is 4.40. The van der Waals surface area contributed by atoms with Crippen LogP contribution in [0.2, 0.25) is 0 Å². The molecule has 1 amide bonds. The van der Waals surface area contributed by atoms with Crippen LogP contribution < -0.4 is 5.73 Å². The molecule has 0 aliphatic heterocycles. The topological polar surface area (TPSA) is 63.4 Å². The Hall–Kier alpha value is -1.20. The second-order valence-electron chi connectivity index (χ2n) is 3.54. The van der Waals surface area contributed by atoms with E-state index in [0.717, 1.165) is 4.47 Å². The smallest absolute Gasteiger partial charge is 0.231 e. The summed E-state index contributed by atoms with van der Waals surface area (Å²) in [6.07, 6.45) is 0. The molecule has 1 aromatic carbocycles. The van der Waals surface area contributed by atoms with Gasteiger partial charge in [-0.3, -0.25) is 14.5 Å². The lowest BCUT2D eigenvalue weighted by atomic mass is 10.1. The Morgan fingerprint density at radius 3 is 2.50 bits per heavy atom. The summed E-state index contributed by atoms with van der Waals surface area (Å²) in [7, 11) is 1.68. The quantitative estimate of drug-likeness (QED) is 0.822. The number of ketones is 1. The first-order valence-electron chi connectivity index (χ1n) is 4.75. The number of primary amides is 1. The number of hydrogen-bond acceptors (Lipinski definition) is 3. The van der Waals surface area contributed by atoms with Crippen molar-refractivity contribution in [2.45, 2.75) is 0 Å². The fourth-order valence-electron chi connectivity index (χ4n) is 1.34. The van der Waals surface area contributed by atoms with Crippen molar-refractivity contribution >= 4 is 27.6 Å². The highest BCUT2D eigenvalue weighted by molar-refractivity contribution is 9.10. The number of carbonyl (C=O) groups is 2. The molecule has 0 saturated heterocycles. The third-order valence-corrected chi connectivity index (χ3v) is 2.71. The fourth-order valence-corrected chi connectivity index (χ4v) is 1.85. The number of benzene rings is 1. The van der Waals surface area contributed by atoms with Crippen molar-refractivity contribution in [2.75, 3.05) is 20.1 Å². The van der Waals surface area contributed by atoms with Crippen LogP contribution in [0.5, 0.6) is 0 Å². The molecule has 0 spiro atoms. The van der Waals surface area contributed by atoms with Gasteiger partial charge in [-0.2, -0.15) is 0 Å². The van der Waals surface area contributed by atoms with Crippen LogP contribution in [0, 0.1) is 0 Å². The van der Waals surface area contributed by atoms with Gasteiger partial charge in [-0.05, 0) is 13.1 Å². The van der Waals surface area contributed by atoms with Crippen molar-refractivity contribution in [3.8, 4) is 0 Å². The van der Waals surface area contributed by atoms with Crippen molar-refractivity contribution in [1.29, 1.82) is 0 Å². The summed E-state index contributed by atoms with van der Waals surface area (Å²) in [5.74, 6) is -0.487. The Labute approximate surface area is 103 Å². The molecule has 0 atom stereocenters.